The zero-order valence-corrected chi connectivity index (χ0v) is 12.0. The minimum atomic E-state index is 0.198. The van der Waals surface area contributed by atoms with Crippen LogP contribution in [0.15, 0.2) is 5.16 Å². The first-order chi connectivity index (χ1) is 9.19. The summed E-state index contributed by atoms with van der Waals surface area (Å²) in [6.07, 6.45) is 4.11. The van der Waals surface area contributed by atoms with Crippen LogP contribution in [-0.4, -0.2) is 60.4 Å². The lowest BCUT2D eigenvalue weighted by atomic mass is 9.96. The van der Waals surface area contributed by atoms with Gasteiger partial charge in [0.15, 0.2) is 0 Å². The van der Waals surface area contributed by atoms with Crippen LogP contribution < -0.4 is 0 Å². The number of hydrogen-bond acceptors (Lipinski definition) is 5. The molecule has 0 aromatic carbocycles. The van der Waals surface area contributed by atoms with E-state index in [0.29, 0.717) is 18.8 Å². The van der Waals surface area contributed by atoms with Crippen LogP contribution in [0, 0.1) is 0 Å². The first-order valence-electron chi connectivity index (χ1n) is 7.36. The van der Waals surface area contributed by atoms with Gasteiger partial charge in [-0.2, -0.15) is 0 Å². The number of morpholine rings is 1. The monoisotopic (exact) mass is 270 g/mol. The van der Waals surface area contributed by atoms with Crippen LogP contribution in [0.4, 0.5) is 0 Å². The van der Waals surface area contributed by atoms with Crippen LogP contribution >= 0.6 is 0 Å². The molecule has 0 bridgehead atoms. The van der Waals surface area contributed by atoms with Gasteiger partial charge in [0.25, 0.3) is 0 Å². The average Bonchev–Trinajstić information content (AvgIpc) is 2.46. The summed E-state index contributed by atoms with van der Waals surface area (Å²) in [6.45, 7) is 7.92. The third kappa shape index (κ3) is 4.44. The van der Waals surface area contributed by atoms with Crippen LogP contribution in [-0.2, 0) is 9.47 Å². The van der Waals surface area contributed by atoms with E-state index in [0.717, 1.165) is 51.1 Å². The molecule has 19 heavy (non-hydrogen) atoms. The summed E-state index contributed by atoms with van der Waals surface area (Å²) in [5.41, 5.74) is 0.903. The van der Waals surface area contributed by atoms with E-state index in [4.69, 9.17) is 14.7 Å². The number of oxime groups is 1. The molecule has 0 amide bonds. The fraction of sp³-hybridized carbons (Fsp3) is 0.929. The van der Waals surface area contributed by atoms with E-state index < -0.39 is 0 Å². The summed E-state index contributed by atoms with van der Waals surface area (Å²) in [5, 5.41) is 12.0. The van der Waals surface area contributed by atoms with Crippen molar-refractivity contribution in [2.45, 2.75) is 57.8 Å². The van der Waals surface area contributed by atoms with Gasteiger partial charge < -0.3 is 14.7 Å². The third-order valence-electron chi connectivity index (χ3n) is 4.07. The second kappa shape index (κ2) is 7.22. The minimum absolute atomic E-state index is 0.198. The fourth-order valence-corrected chi connectivity index (χ4v) is 2.75. The molecule has 1 N–H and O–H groups in total. The van der Waals surface area contributed by atoms with E-state index in [1.165, 1.54) is 0 Å². The largest absolute Gasteiger partial charge is 0.411 e. The van der Waals surface area contributed by atoms with Gasteiger partial charge in [-0.1, -0.05) is 5.16 Å². The quantitative estimate of drug-likeness (QED) is 0.626. The van der Waals surface area contributed by atoms with Crippen molar-refractivity contribution in [3.8, 4) is 0 Å². The number of nitrogens with zero attached hydrogens (tertiary/aromatic N) is 2. The fourth-order valence-electron chi connectivity index (χ4n) is 2.75. The Labute approximate surface area is 115 Å². The van der Waals surface area contributed by atoms with Crippen LogP contribution in [0.25, 0.3) is 0 Å². The molecule has 1 aliphatic carbocycles. The Bertz CT molecular complexity index is 297. The zero-order valence-electron chi connectivity index (χ0n) is 12.0. The molecule has 5 nitrogen and oxygen atoms in total. The van der Waals surface area contributed by atoms with Crippen LogP contribution in [0.1, 0.15) is 39.5 Å². The Morgan fingerprint density at radius 3 is 2.79 bits per heavy atom. The summed E-state index contributed by atoms with van der Waals surface area (Å²) in [4.78, 5) is 2.44. The highest BCUT2D eigenvalue weighted by Gasteiger charge is 2.24. The molecule has 1 unspecified atom stereocenters. The van der Waals surface area contributed by atoms with Gasteiger partial charge in [-0.3, -0.25) is 4.90 Å². The van der Waals surface area contributed by atoms with Crippen molar-refractivity contribution >= 4 is 5.71 Å². The van der Waals surface area contributed by atoms with Crippen molar-refractivity contribution < 1.29 is 14.7 Å². The maximum absolute atomic E-state index is 8.71. The van der Waals surface area contributed by atoms with Gasteiger partial charge in [0.1, 0.15) is 0 Å². The van der Waals surface area contributed by atoms with Gasteiger partial charge in [0.2, 0.25) is 0 Å². The Balaban J connectivity index is 1.68. The normalized spacial score (nSPS) is 29.7. The molecular formula is C14H26N2O3. The smallest absolute Gasteiger partial charge is 0.0935 e. The minimum Gasteiger partial charge on any atom is -0.411 e. The lowest BCUT2D eigenvalue weighted by Crippen LogP contribution is -2.47. The molecule has 0 aromatic heterocycles. The molecule has 1 atom stereocenters. The predicted molar refractivity (Wildman–Crippen MR) is 73.9 cm³/mol. The number of rotatable bonds is 4. The molecule has 1 heterocycles. The Morgan fingerprint density at radius 2 is 2.16 bits per heavy atom. The highest BCUT2D eigenvalue weighted by molar-refractivity contribution is 5.84. The van der Waals surface area contributed by atoms with Crippen molar-refractivity contribution in [2.24, 2.45) is 5.16 Å². The first kappa shape index (κ1) is 14.8. The first-order valence-corrected chi connectivity index (χ1v) is 7.36. The number of hydrogen-bond donors (Lipinski definition) is 1. The van der Waals surface area contributed by atoms with E-state index in [1.807, 2.05) is 0 Å². The van der Waals surface area contributed by atoms with E-state index in [9.17, 15) is 0 Å². The molecule has 1 saturated heterocycles. The highest BCUT2D eigenvalue weighted by atomic mass is 16.5. The standard InChI is InChI=1S/C14H26N2O3/c1-11(2)16-7-8-18-14(9-16)10-19-13-5-3-12(15-17)4-6-13/h11,13-14,17H,3-10H2,1-2H3. The molecule has 1 aliphatic heterocycles. The van der Waals surface area contributed by atoms with Gasteiger partial charge in [-0.05, 0) is 39.5 Å². The van der Waals surface area contributed by atoms with Crippen molar-refractivity contribution in [3.05, 3.63) is 0 Å². The number of ether oxygens (including phenoxy) is 2. The molecule has 2 aliphatic rings. The second-order valence-corrected chi connectivity index (χ2v) is 5.78. The lowest BCUT2D eigenvalue weighted by Gasteiger charge is -2.36. The zero-order chi connectivity index (χ0) is 13.7. The topological polar surface area (TPSA) is 54.3 Å². The third-order valence-corrected chi connectivity index (χ3v) is 4.07. The maximum atomic E-state index is 8.71. The molecule has 2 fully saturated rings. The lowest BCUT2D eigenvalue weighted by molar-refractivity contribution is -0.0928. The molecule has 1 saturated carbocycles. The summed E-state index contributed by atoms with van der Waals surface area (Å²) in [7, 11) is 0. The van der Waals surface area contributed by atoms with Gasteiger partial charge in [0, 0.05) is 19.1 Å². The van der Waals surface area contributed by atoms with Crippen molar-refractivity contribution in [3.63, 3.8) is 0 Å². The summed E-state index contributed by atoms with van der Waals surface area (Å²) >= 11 is 0. The Morgan fingerprint density at radius 1 is 1.42 bits per heavy atom. The van der Waals surface area contributed by atoms with Crippen LogP contribution in [0.2, 0.25) is 0 Å². The summed E-state index contributed by atoms with van der Waals surface area (Å²) in [6, 6.07) is 0.574. The second-order valence-electron chi connectivity index (χ2n) is 5.78. The molecule has 110 valence electrons. The van der Waals surface area contributed by atoms with E-state index in [-0.39, 0.29) is 6.10 Å². The van der Waals surface area contributed by atoms with Gasteiger partial charge in [0.05, 0.1) is 31.1 Å². The van der Waals surface area contributed by atoms with Crippen LogP contribution in [0.5, 0.6) is 0 Å². The summed E-state index contributed by atoms with van der Waals surface area (Å²) in [5.74, 6) is 0. The van der Waals surface area contributed by atoms with E-state index in [1.54, 1.807) is 0 Å². The predicted octanol–water partition coefficient (Wildman–Crippen LogP) is 1.88. The van der Waals surface area contributed by atoms with E-state index >= 15 is 0 Å². The molecular weight excluding hydrogens is 244 g/mol. The molecule has 0 spiro atoms. The SMILES string of the molecule is CC(C)N1CCOC(COC2CCC(=NO)CC2)C1. The van der Waals surface area contributed by atoms with E-state index in [2.05, 4.69) is 23.9 Å². The molecule has 0 aromatic rings. The van der Waals surface area contributed by atoms with Crippen molar-refractivity contribution in [1.82, 2.24) is 4.90 Å². The van der Waals surface area contributed by atoms with Crippen LogP contribution in [0.3, 0.4) is 0 Å². The van der Waals surface area contributed by atoms with Gasteiger partial charge in [-0.25, -0.2) is 0 Å². The van der Waals surface area contributed by atoms with Crippen molar-refractivity contribution in [1.29, 1.82) is 0 Å². The maximum Gasteiger partial charge on any atom is 0.0935 e. The van der Waals surface area contributed by atoms with Crippen molar-refractivity contribution in [2.75, 3.05) is 26.3 Å². The molecule has 5 heteroatoms. The highest BCUT2D eigenvalue weighted by Crippen LogP contribution is 2.20. The Kier molecular flexibility index (Phi) is 5.60. The average molecular weight is 270 g/mol. The molecule has 0 radical (unpaired) electrons. The molecule has 2 rings (SSSR count). The summed E-state index contributed by atoms with van der Waals surface area (Å²) < 4.78 is 11.7. The Hall–Kier alpha value is -0.650. The van der Waals surface area contributed by atoms with Gasteiger partial charge in [-0.15, -0.1) is 0 Å². The van der Waals surface area contributed by atoms with Gasteiger partial charge >= 0.3 is 0 Å².